The van der Waals surface area contributed by atoms with E-state index in [1.165, 1.54) is 0 Å². The van der Waals surface area contributed by atoms with Crippen LogP contribution in [0.25, 0.3) is 0 Å². The second kappa shape index (κ2) is 5.73. The molecular weight excluding hydrogens is 240 g/mol. The zero-order chi connectivity index (χ0) is 13.8. The Bertz CT molecular complexity index is 548. The Labute approximate surface area is 113 Å². The zero-order valence-corrected chi connectivity index (χ0v) is 11.8. The summed E-state index contributed by atoms with van der Waals surface area (Å²) >= 11 is 0. The summed E-state index contributed by atoms with van der Waals surface area (Å²) < 4.78 is 7.54. The summed E-state index contributed by atoms with van der Waals surface area (Å²) in [7, 11) is 1.92. The number of aromatic nitrogens is 3. The largest absolute Gasteiger partial charge is 0.487 e. The molecule has 0 amide bonds. The third-order valence-electron chi connectivity index (χ3n) is 2.69. The lowest BCUT2D eigenvalue weighted by Gasteiger charge is -2.14. The number of nitrogens with one attached hydrogen (secondary N) is 1. The van der Waals surface area contributed by atoms with Gasteiger partial charge in [-0.2, -0.15) is 5.10 Å². The topological polar surface area (TPSA) is 52.0 Å². The van der Waals surface area contributed by atoms with E-state index < -0.39 is 0 Å². The average molecular weight is 260 g/mol. The van der Waals surface area contributed by atoms with E-state index in [0.29, 0.717) is 6.54 Å². The number of pyridine rings is 1. The van der Waals surface area contributed by atoms with E-state index in [1.54, 1.807) is 6.20 Å². The molecule has 0 unspecified atom stereocenters. The van der Waals surface area contributed by atoms with Crippen LogP contribution in [0.3, 0.4) is 0 Å². The highest BCUT2D eigenvalue weighted by atomic mass is 16.5. The van der Waals surface area contributed by atoms with Crippen molar-refractivity contribution in [2.24, 2.45) is 7.05 Å². The summed E-state index contributed by atoms with van der Waals surface area (Å²) in [5, 5.41) is 7.62. The number of nitrogens with zero attached hydrogens (tertiary/aromatic N) is 3. The summed E-state index contributed by atoms with van der Waals surface area (Å²) in [5.74, 6) is 1.54. The number of rotatable bonds is 5. The molecule has 0 radical (unpaired) electrons. The quantitative estimate of drug-likeness (QED) is 0.897. The van der Waals surface area contributed by atoms with Crippen molar-refractivity contribution in [1.29, 1.82) is 0 Å². The van der Waals surface area contributed by atoms with Crippen molar-refractivity contribution in [2.75, 3.05) is 5.32 Å². The van der Waals surface area contributed by atoms with Gasteiger partial charge >= 0.3 is 0 Å². The van der Waals surface area contributed by atoms with Gasteiger partial charge in [-0.15, -0.1) is 0 Å². The fraction of sp³-hybridized carbons (Fsp3) is 0.429. The number of hydrogen-bond acceptors (Lipinski definition) is 4. The van der Waals surface area contributed by atoms with Crippen LogP contribution >= 0.6 is 0 Å². The summed E-state index contributed by atoms with van der Waals surface area (Å²) in [5.41, 5.74) is 2.18. The van der Waals surface area contributed by atoms with Crippen molar-refractivity contribution in [3.05, 3.63) is 35.8 Å². The van der Waals surface area contributed by atoms with Crippen LogP contribution in [0.2, 0.25) is 0 Å². The maximum atomic E-state index is 5.72. The summed E-state index contributed by atoms with van der Waals surface area (Å²) in [6.07, 6.45) is 3.89. The highest BCUT2D eigenvalue weighted by molar-refractivity contribution is 5.50. The van der Waals surface area contributed by atoms with Gasteiger partial charge in [-0.1, -0.05) is 0 Å². The number of hydrogen-bond donors (Lipinski definition) is 1. The third-order valence-corrected chi connectivity index (χ3v) is 2.69. The summed E-state index contributed by atoms with van der Waals surface area (Å²) in [6, 6.07) is 3.80. The van der Waals surface area contributed by atoms with Crippen LogP contribution in [0.15, 0.2) is 24.5 Å². The Morgan fingerprint density at radius 3 is 2.84 bits per heavy atom. The maximum absolute atomic E-state index is 5.72. The summed E-state index contributed by atoms with van der Waals surface area (Å²) in [4.78, 5) is 4.32. The fourth-order valence-corrected chi connectivity index (χ4v) is 1.87. The van der Waals surface area contributed by atoms with Gasteiger partial charge in [0.2, 0.25) is 0 Å². The van der Waals surface area contributed by atoms with Crippen LogP contribution in [0, 0.1) is 6.92 Å². The van der Waals surface area contributed by atoms with Crippen LogP contribution in [0.5, 0.6) is 5.75 Å². The van der Waals surface area contributed by atoms with Crippen LogP contribution in [0.4, 0.5) is 5.82 Å². The first-order valence-electron chi connectivity index (χ1n) is 6.41. The van der Waals surface area contributed by atoms with Crippen LogP contribution in [-0.4, -0.2) is 20.9 Å². The SMILES string of the molecule is Cc1nn(C)cc1CNc1ncccc1OC(C)C. The number of ether oxygens (including phenoxy) is 1. The first kappa shape index (κ1) is 13.4. The van der Waals surface area contributed by atoms with E-state index >= 15 is 0 Å². The van der Waals surface area contributed by atoms with Gasteiger partial charge in [0.15, 0.2) is 11.6 Å². The van der Waals surface area contributed by atoms with E-state index in [-0.39, 0.29) is 6.10 Å². The lowest BCUT2D eigenvalue weighted by atomic mass is 10.2. The Morgan fingerprint density at radius 2 is 2.21 bits per heavy atom. The highest BCUT2D eigenvalue weighted by Crippen LogP contribution is 2.22. The van der Waals surface area contributed by atoms with E-state index in [1.807, 2.05) is 50.8 Å². The Morgan fingerprint density at radius 1 is 1.42 bits per heavy atom. The second-order valence-electron chi connectivity index (χ2n) is 4.78. The molecule has 0 aliphatic rings. The number of anilines is 1. The van der Waals surface area contributed by atoms with Gasteiger partial charge < -0.3 is 10.1 Å². The minimum Gasteiger partial charge on any atom is -0.487 e. The third kappa shape index (κ3) is 3.47. The molecule has 0 fully saturated rings. The molecule has 5 heteroatoms. The van der Waals surface area contributed by atoms with Crippen molar-refractivity contribution in [2.45, 2.75) is 33.4 Å². The second-order valence-corrected chi connectivity index (χ2v) is 4.78. The number of aryl methyl sites for hydroxylation is 2. The minimum absolute atomic E-state index is 0.130. The molecule has 0 saturated heterocycles. The Hall–Kier alpha value is -2.04. The van der Waals surface area contributed by atoms with E-state index in [0.717, 1.165) is 22.8 Å². The predicted molar refractivity (Wildman–Crippen MR) is 75.3 cm³/mol. The molecule has 0 aliphatic carbocycles. The smallest absolute Gasteiger partial charge is 0.169 e. The average Bonchev–Trinajstić information content (AvgIpc) is 2.66. The van der Waals surface area contributed by atoms with E-state index in [4.69, 9.17) is 4.74 Å². The monoisotopic (exact) mass is 260 g/mol. The van der Waals surface area contributed by atoms with Crippen molar-refractivity contribution in [3.63, 3.8) is 0 Å². The first-order valence-corrected chi connectivity index (χ1v) is 6.41. The van der Waals surface area contributed by atoms with Gasteiger partial charge in [0.1, 0.15) is 0 Å². The predicted octanol–water partition coefficient (Wildman–Crippen LogP) is 2.52. The van der Waals surface area contributed by atoms with Gasteiger partial charge in [-0.05, 0) is 32.9 Å². The van der Waals surface area contributed by atoms with Crippen LogP contribution in [-0.2, 0) is 13.6 Å². The molecule has 5 nitrogen and oxygen atoms in total. The molecule has 2 aromatic heterocycles. The van der Waals surface area contributed by atoms with Gasteiger partial charge in [0, 0.05) is 31.5 Å². The molecule has 102 valence electrons. The Balaban J connectivity index is 2.09. The fourth-order valence-electron chi connectivity index (χ4n) is 1.87. The van der Waals surface area contributed by atoms with Gasteiger partial charge in [-0.25, -0.2) is 4.98 Å². The molecule has 2 aromatic rings. The zero-order valence-electron chi connectivity index (χ0n) is 11.8. The molecule has 0 atom stereocenters. The van der Waals surface area contributed by atoms with Gasteiger partial charge in [0.05, 0.1) is 11.8 Å². The van der Waals surface area contributed by atoms with Crippen LogP contribution < -0.4 is 10.1 Å². The lowest BCUT2D eigenvalue weighted by Crippen LogP contribution is -2.09. The lowest BCUT2D eigenvalue weighted by molar-refractivity contribution is 0.243. The molecule has 1 N–H and O–H groups in total. The van der Waals surface area contributed by atoms with E-state index in [2.05, 4.69) is 15.4 Å². The van der Waals surface area contributed by atoms with Gasteiger partial charge in [-0.3, -0.25) is 4.68 Å². The highest BCUT2D eigenvalue weighted by Gasteiger charge is 2.08. The summed E-state index contributed by atoms with van der Waals surface area (Å²) in [6.45, 7) is 6.69. The standard InChI is InChI=1S/C14H20N4O/c1-10(2)19-13-6-5-7-15-14(13)16-8-12-9-18(4)17-11(12)3/h5-7,9-10H,8H2,1-4H3,(H,15,16). The van der Waals surface area contributed by atoms with Crippen molar-refractivity contribution >= 4 is 5.82 Å². The molecule has 0 saturated carbocycles. The van der Waals surface area contributed by atoms with Gasteiger partial charge in [0.25, 0.3) is 0 Å². The van der Waals surface area contributed by atoms with Crippen molar-refractivity contribution < 1.29 is 4.74 Å². The molecule has 2 heterocycles. The molecule has 0 bridgehead atoms. The minimum atomic E-state index is 0.130. The Kier molecular flexibility index (Phi) is 4.04. The maximum Gasteiger partial charge on any atom is 0.169 e. The molecule has 2 rings (SSSR count). The van der Waals surface area contributed by atoms with Crippen LogP contribution in [0.1, 0.15) is 25.1 Å². The molecule has 0 aromatic carbocycles. The molecule has 19 heavy (non-hydrogen) atoms. The molecular formula is C14H20N4O. The van der Waals surface area contributed by atoms with Crippen molar-refractivity contribution in [3.8, 4) is 5.75 Å². The van der Waals surface area contributed by atoms with Crippen molar-refractivity contribution in [1.82, 2.24) is 14.8 Å². The molecule has 0 aliphatic heterocycles. The first-order chi connectivity index (χ1) is 9.06. The van der Waals surface area contributed by atoms with E-state index in [9.17, 15) is 0 Å². The molecule has 0 spiro atoms. The normalized spacial score (nSPS) is 10.8.